The highest BCUT2D eigenvalue weighted by Crippen LogP contribution is 2.11. The van der Waals surface area contributed by atoms with Crippen molar-refractivity contribution >= 4 is 17.4 Å². The number of benzene rings is 1. The summed E-state index contributed by atoms with van der Waals surface area (Å²) in [6.45, 7) is 1.73. The number of carbonyl (C=O) groups excluding carboxylic acids is 1. The van der Waals surface area contributed by atoms with Gasteiger partial charge in [-0.2, -0.15) is 0 Å². The third-order valence-electron chi connectivity index (χ3n) is 3.77. The van der Waals surface area contributed by atoms with E-state index < -0.39 is 0 Å². The Morgan fingerprint density at radius 2 is 2.00 bits per heavy atom. The fourth-order valence-electron chi connectivity index (χ4n) is 2.39. The zero-order valence-electron chi connectivity index (χ0n) is 14.0. The van der Waals surface area contributed by atoms with Gasteiger partial charge in [-0.1, -0.05) is 18.2 Å². The monoisotopic (exact) mass is 336 g/mol. The number of carbonyl (C=O) groups is 1. The number of rotatable bonds is 7. The largest absolute Gasteiger partial charge is 0.358 e. The van der Waals surface area contributed by atoms with Gasteiger partial charge in [-0.15, -0.1) is 10.2 Å². The summed E-state index contributed by atoms with van der Waals surface area (Å²) in [5.41, 5.74) is 1.02. The molecule has 3 aromatic rings. The van der Waals surface area contributed by atoms with Crippen LogP contribution in [0.15, 0.2) is 61.2 Å². The molecule has 0 radical (unpaired) electrons. The van der Waals surface area contributed by atoms with Crippen LogP contribution in [0.3, 0.4) is 0 Å². The lowest BCUT2D eigenvalue weighted by Crippen LogP contribution is -2.22. The molecular formula is C18H20N6O. The molecule has 0 atom stereocenters. The van der Waals surface area contributed by atoms with Crippen molar-refractivity contribution in [1.29, 1.82) is 0 Å². The molecule has 0 bridgehead atoms. The van der Waals surface area contributed by atoms with E-state index in [1.165, 1.54) is 0 Å². The first-order valence-corrected chi connectivity index (χ1v) is 8.09. The van der Waals surface area contributed by atoms with Crippen molar-refractivity contribution in [2.75, 3.05) is 23.8 Å². The van der Waals surface area contributed by atoms with E-state index in [2.05, 4.69) is 20.5 Å². The lowest BCUT2D eigenvalue weighted by atomic mass is 10.3. The zero-order chi connectivity index (χ0) is 17.5. The average Bonchev–Trinajstić information content (AvgIpc) is 3.16. The molecule has 7 nitrogen and oxygen atoms in total. The lowest BCUT2D eigenvalue weighted by molar-refractivity contribution is 0.102. The minimum Gasteiger partial charge on any atom is -0.358 e. The van der Waals surface area contributed by atoms with Gasteiger partial charge in [0, 0.05) is 38.2 Å². The van der Waals surface area contributed by atoms with Crippen LogP contribution < -0.4 is 10.2 Å². The highest BCUT2D eigenvalue weighted by molar-refractivity contribution is 6.02. The van der Waals surface area contributed by atoms with Crippen molar-refractivity contribution in [1.82, 2.24) is 19.7 Å². The molecule has 0 fully saturated rings. The van der Waals surface area contributed by atoms with E-state index in [1.807, 2.05) is 59.1 Å². The van der Waals surface area contributed by atoms with E-state index in [0.29, 0.717) is 5.69 Å². The van der Waals surface area contributed by atoms with Crippen molar-refractivity contribution in [2.45, 2.75) is 13.0 Å². The summed E-state index contributed by atoms with van der Waals surface area (Å²) < 4.78 is 2.04. The molecule has 1 aromatic carbocycles. The van der Waals surface area contributed by atoms with Crippen LogP contribution in [0.25, 0.3) is 0 Å². The number of para-hydroxylation sites is 1. The zero-order valence-corrected chi connectivity index (χ0v) is 14.0. The Labute approximate surface area is 146 Å². The topological polar surface area (TPSA) is 75.9 Å². The Morgan fingerprint density at radius 3 is 2.68 bits per heavy atom. The Balaban J connectivity index is 1.53. The minimum atomic E-state index is -0.270. The SMILES string of the molecule is CN(CCCn1ccnc1)c1ccc(C(=O)Nc2ccccc2)nn1. The standard InChI is InChI=1S/C18H20N6O/c1-23(11-5-12-24-13-10-19-14-24)17-9-8-16(21-22-17)18(25)20-15-6-3-2-4-7-15/h2-4,6-10,13-14H,5,11-12H2,1H3,(H,20,25). The van der Waals surface area contributed by atoms with Crippen LogP contribution >= 0.6 is 0 Å². The molecule has 0 saturated heterocycles. The Hall–Kier alpha value is -3.22. The molecular weight excluding hydrogens is 316 g/mol. The number of aryl methyl sites for hydroxylation is 1. The normalized spacial score (nSPS) is 10.4. The predicted octanol–water partition coefficient (Wildman–Crippen LogP) is 2.45. The Morgan fingerprint density at radius 1 is 1.16 bits per heavy atom. The Bertz CT molecular complexity index is 786. The number of amides is 1. The van der Waals surface area contributed by atoms with Gasteiger partial charge in [0.25, 0.3) is 5.91 Å². The molecule has 0 saturated carbocycles. The maximum absolute atomic E-state index is 12.2. The second-order valence-electron chi connectivity index (χ2n) is 5.67. The first-order valence-electron chi connectivity index (χ1n) is 8.09. The summed E-state index contributed by atoms with van der Waals surface area (Å²) in [5.74, 6) is 0.468. The lowest BCUT2D eigenvalue weighted by Gasteiger charge is -2.17. The van der Waals surface area contributed by atoms with Gasteiger partial charge < -0.3 is 14.8 Å². The van der Waals surface area contributed by atoms with Gasteiger partial charge in [0.2, 0.25) is 0 Å². The van der Waals surface area contributed by atoms with E-state index in [4.69, 9.17) is 0 Å². The van der Waals surface area contributed by atoms with Gasteiger partial charge in [-0.3, -0.25) is 4.79 Å². The number of nitrogens with zero attached hydrogens (tertiary/aromatic N) is 5. The summed E-state index contributed by atoms with van der Waals surface area (Å²) in [7, 11) is 1.96. The van der Waals surface area contributed by atoms with Gasteiger partial charge in [0.1, 0.15) is 0 Å². The molecule has 0 aliphatic heterocycles. The Kier molecular flexibility index (Phi) is 5.36. The van der Waals surface area contributed by atoms with E-state index in [1.54, 1.807) is 18.6 Å². The van der Waals surface area contributed by atoms with E-state index in [9.17, 15) is 4.79 Å². The third kappa shape index (κ3) is 4.63. The molecule has 0 aliphatic carbocycles. The fraction of sp³-hybridized carbons (Fsp3) is 0.222. The maximum atomic E-state index is 12.2. The highest BCUT2D eigenvalue weighted by Gasteiger charge is 2.10. The predicted molar refractivity (Wildman–Crippen MR) is 96.5 cm³/mol. The second-order valence-corrected chi connectivity index (χ2v) is 5.67. The van der Waals surface area contributed by atoms with E-state index >= 15 is 0 Å². The van der Waals surface area contributed by atoms with E-state index in [-0.39, 0.29) is 5.91 Å². The van der Waals surface area contributed by atoms with Crippen LogP contribution in [0.4, 0.5) is 11.5 Å². The van der Waals surface area contributed by atoms with Crippen molar-refractivity contribution in [3.05, 3.63) is 66.9 Å². The van der Waals surface area contributed by atoms with Gasteiger partial charge >= 0.3 is 0 Å². The van der Waals surface area contributed by atoms with Crippen molar-refractivity contribution < 1.29 is 4.79 Å². The first-order chi connectivity index (χ1) is 12.2. The van der Waals surface area contributed by atoms with Crippen LogP contribution in [-0.2, 0) is 6.54 Å². The molecule has 0 unspecified atom stereocenters. The molecule has 1 N–H and O–H groups in total. The highest BCUT2D eigenvalue weighted by atomic mass is 16.1. The van der Waals surface area contributed by atoms with Crippen LogP contribution in [0.2, 0.25) is 0 Å². The van der Waals surface area contributed by atoms with Crippen molar-refractivity contribution in [3.63, 3.8) is 0 Å². The second kappa shape index (κ2) is 8.05. The number of imidazole rings is 1. The van der Waals surface area contributed by atoms with Gasteiger partial charge in [-0.25, -0.2) is 4.98 Å². The van der Waals surface area contributed by atoms with E-state index in [0.717, 1.165) is 31.0 Å². The molecule has 7 heteroatoms. The quantitative estimate of drug-likeness (QED) is 0.717. The number of aromatic nitrogens is 4. The molecule has 128 valence electrons. The van der Waals surface area contributed by atoms with Crippen LogP contribution in [0.1, 0.15) is 16.9 Å². The smallest absolute Gasteiger partial charge is 0.276 e. The summed E-state index contributed by atoms with van der Waals surface area (Å²) in [4.78, 5) is 18.2. The van der Waals surface area contributed by atoms with Gasteiger partial charge in [0.15, 0.2) is 11.5 Å². The summed E-state index contributed by atoms with van der Waals surface area (Å²) in [6.07, 6.45) is 6.49. The molecule has 2 heterocycles. The fourth-order valence-corrected chi connectivity index (χ4v) is 2.39. The average molecular weight is 336 g/mol. The number of anilines is 2. The summed E-state index contributed by atoms with van der Waals surface area (Å²) in [6, 6.07) is 12.8. The molecule has 25 heavy (non-hydrogen) atoms. The minimum absolute atomic E-state index is 0.270. The number of nitrogens with one attached hydrogen (secondary N) is 1. The molecule has 3 rings (SSSR count). The van der Waals surface area contributed by atoms with Crippen LogP contribution in [0.5, 0.6) is 0 Å². The molecule has 1 amide bonds. The third-order valence-corrected chi connectivity index (χ3v) is 3.77. The van der Waals surface area contributed by atoms with Crippen LogP contribution in [-0.4, -0.2) is 39.2 Å². The van der Waals surface area contributed by atoms with Gasteiger partial charge in [0.05, 0.1) is 6.33 Å². The summed E-state index contributed by atoms with van der Waals surface area (Å²) >= 11 is 0. The molecule has 2 aromatic heterocycles. The summed E-state index contributed by atoms with van der Waals surface area (Å²) in [5, 5.41) is 11.0. The first kappa shape index (κ1) is 16.6. The maximum Gasteiger partial charge on any atom is 0.276 e. The van der Waals surface area contributed by atoms with Gasteiger partial charge in [-0.05, 0) is 30.7 Å². The molecule has 0 aliphatic rings. The van der Waals surface area contributed by atoms with Crippen molar-refractivity contribution in [2.24, 2.45) is 0 Å². The van der Waals surface area contributed by atoms with Crippen LogP contribution in [0, 0.1) is 0 Å². The molecule has 0 spiro atoms. The number of hydrogen-bond donors (Lipinski definition) is 1. The number of hydrogen-bond acceptors (Lipinski definition) is 5. The van der Waals surface area contributed by atoms with Crippen molar-refractivity contribution in [3.8, 4) is 0 Å².